The number of aryl methyl sites for hydroxylation is 2. The molecule has 0 aromatic heterocycles. The van der Waals surface area contributed by atoms with E-state index in [9.17, 15) is 4.79 Å². The van der Waals surface area contributed by atoms with E-state index in [2.05, 4.69) is 39.0 Å². The maximum absolute atomic E-state index is 14.1. The molecule has 0 aliphatic carbocycles. The van der Waals surface area contributed by atoms with E-state index in [0.717, 1.165) is 53.1 Å². The minimum atomic E-state index is -0.829. The number of halogens is 1. The molecule has 3 nitrogen and oxygen atoms in total. The van der Waals surface area contributed by atoms with Crippen molar-refractivity contribution in [1.29, 1.82) is 0 Å². The second-order valence-corrected chi connectivity index (χ2v) is 10.1. The van der Waals surface area contributed by atoms with E-state index >= 15 is 0 Å². The molecule has 32 heavy (non-hydrogen) atoms. The lowest BCUT2D eigenvalue weighted by Crippen LogP contribution is -2.37. The fraction of sp³-hybridized carbons (Fsp3) is 0.321. The number of ether oxygens (including phenoxy) is 1. The number of hydrogen-bond acceptors (Lipinski definition) is 2. The first-order valence-electron chi connectivity index (χ1n) is 11.3. The van der Waals surface area contributed by atoms with Crippen LogP contribution in [0.4, 0.5) is 11.4 Å². The monoisotopic (exact) mass is 445 g/mol. The topological polar surface area (TPSA) is 29.5 Å². The lowest BCUT2D eigenvalue weighted by atomic mass is 9.76. The molecule has 164 valence electrons. The first kappa shape index (κ1) is 21.1. The molecule has 5 rings (SSSR count). The fourth-order valence-corrected chi connectivity index (χ4v) is 5.14. The number of anilines is 2. The number of nitrogens with zero attached hydrogens (tertiary/aromatic N) is 1. The molecule has 0 saturated heterocycles. The van der Waals surface area contributed by atoms with Crippen molar-refractivity contribution in [3.8, 4) is 5.75 Å². The molecule has 0 spiro atoms. The Labute approximate surface area is 195 Å². The molecule has 3 aromatic rings. The van der Waals surface area contributed by atoms with Crippen LogP contribution in [-0.2, 0) is 23.1 Å². The summed E-state index contributed by atoms with van der Waals surface area (Å²) < 4.78 is 6.18. The van der Waals surface area contributed by atoms with Gasteiger partial charge in [0.25, 0.3) is 0 Å². The molecule has 4 heteroatoms. The molecule has 0 N–H and O–H groups in total. The SMILES string of the molecule is CCc1cccc(N2C(=O)[C@@](C)(c3ccc4c(c3)CCC(C)(C)O4)c3cc(Cl)ccc32)c1. The molecule has 0 fully saturated rings. The van der Waals surface area contributed by atoms with Crippen molar-refractivity contribution in [2.24, 2.45) is 0 Å². The Kier molecular flexibility index (Phi) is 4.86. The molecule has 3 aromatic carbocycles. The van der Waals surface area contributed by atoms with Crippen molar-refractivity contribution in [3.63, 3.8) is 0 Å². The molecule has 0 bridgehead atoms. The molecular formula is C28H28ClNO2. The lowest BCUT2D eigenvalue weighted by Gasteiger charge is -2.34. The van der Waals surface area contributed by atoms with Crippen molar-refractivity contribution < 1.29 is 9.53 Å². The third kappa shape index (κ3) is 3.22. The second-order valence-electron chi connectivity index (χ2n) is 9.63. The van der Waals surface area contributed by atoms with Gasteiger partial charge in [-0.3, -0.25) is 9.69 Å². The predicted molar refractivity (Wildman–Crippen MR) is 130 cm³/mol. The quantitative estimate of drug-likeness (QED) is 0.434. The number of benzene rings is 3. The summed E-state index contributed by atoms with van der Waals surface area (Å²) in [6.45, 7) is 8.38. The van der Waals surface area contributed by atoms with Crippen LogP contribution in [0.1, 0.15) is 56.4 Å². The van der Waals surface area contributed by atoms with Crippen molar-refractivity contribution >= 4 is 28.9 Å². The maximum atomic E-state index is 14.1. The molecular weight excluding hydrogens is 418 g/mol. The highest BCUT2D eigenvalue weighted by Crippen LogP contribution is 2.50. The smallest absolute Gasteiger partial charge is 0.246 e. The van der Waals surface area contributed by atoms with Gasteiger partial charge in [0, 0.05) is 10.7 Å². The van der Waals surface area contributed by atoms with Gasteiger partial charge >= 0.3 is 0 Å². The van der Waals surface area contributed by atoms with E-state index in [-0.39, 0.29) is 11.5 Å². The van der Waals surface area contributed by atoms with Crippen molar-refractivity contribution in [1.82, 2.24) is 0 Å². The van der Waals surface area contributed by atoms with Crippen LogP contribution in [-0.4, -0.2) is 11.5 Å². The van der Waals surface area contributed by atoms with E-state index in [1.807, 2.05) is 54.3 Å². The average molecular weight is 446 g/mol. The van der Waals surface area contributed by atoms with Gasteiger partial charge < -0.3 is 4.74 Å². The molecule has 0 radical (unpaired) electrons. The van der Waals surface area contributed by atoms with E-state index in [4.69, 9.17) is 16.3 Å². The molecule has 0 saturated carbocycles. The van der Waals surface area contributed by atoms with Gasteiger partial charge in [-0.15, -0.1) is 0 Å². The standard InChI is InChI=1S/C28H28ClNO2/c1-5-18-7-6-8-22(15-18)30-24-11-10-21(29)17-23(24)28(4,26(30)31)20-9-12-25-19(16-20)13-14-27(2,3)32-25/h6-12,15-17H,5,13-14H2,1-4H3/t28-/m0/s1. The first-order chi connectivity index (χ1) is 15.2. The van der Waals surface area contributed by atoms with Crippen LogP contribution < -0.4 is 9.64 Å². The molecule has 2 heterocycles. The summed E-state index contributed by atoms with van der Waals surface area (Å²) in [5.74, 6) is 0.956. The molecule has 2 aliphatic rings. The zero-order valence-electron chi connectivity index (χ0n) is 19.0. The van der Waals surface area contributed by atoms with Crippen LogP contribution in [0.3, 0.4) is 0 Å². The molecule has 0 unspecified atom stereocenters. The zero-order valence-corrected chi connectivity index (χ0v) is 19.8. The highest BCUT2D eigenvalue weighted by Gasteiger charge is 2.49. The Balaban J connectivity index is 1.66. The summed E-state index contributed by atoms with van der Waals surface area (Å²) in [7, 11) is 0. The van der Waals surface area contributed by atoms with Gasteiger partial charge in [-0.1, -0.05) is 42.8 Å². The third-order valence-electron chi connectivity index (χ3n) is 6.97. The van der Waals surface area contributed by atoms with Crippen LogP contribution >= 0.6 is 11.6 Å². The number of carbonyl (C=O) groups is 1. The lowest BCUT2D eigenvalue weighted by molar-refractivity contribution is -0.120. The van der Waals surface area contributed by atoms with Gasteiger partial charge in [0.05, 0.1) is 11.1 Å². The summed E-state index contributed by atoms with van der Waals surface area (Å²) >= 11 is 6.42. The molecule has 1 amide bonds. The van der Waals surface area contributed by atoms with Crippen molar-refractivity contribution in [2.75, 3.05) is 4.90 Å². The summed E-state index contributed by atoms with van der Waals surface area (Å²) in [6, 6.07) is 20.2. The van der Waals surface area contributed by atoms with Gasteiger partial charge in [0.15, 0.2) is 0 Å². The van der Waals surface area contributed by atoms with Crippen LogP contribution in [0.2, 0.25) is 5.02 Å². The van der Waals surface area contributed by atoms with Crippen LogP contribution in [0, 0.1) is 0 Å². The zero-order chi connectivity index (χ0) is 22.7. The Hall–Kier alpha value is -2.78. The van der Waals surface area contributed by atoms with Gasteiger partial charge in [0.2, 0.25) is 5.91 Å². The Morgan fingerprint density at radius 1 is 1.03 bits per heavy atom. The highest BCUT2D eigenvalue weighted by atomic mass is 35.5. The second kappa shape index (κ2) is 7.38. The van der Waals surface area contributed by atoms with Crippen LogP contribution in [0.15, 0.2) is 60.7 Å². The van der Waals surface area contributed by atoms with Crippen LogP contribution in [0.5, 0.6) is 5.75 Å². The third-order valence-corrected chi connectivity index (χ3v) is 7.20. The van der Waals surface area contributed by atoms with Gasteiger partial charge in [-0.05, 0) is 98.7 Å². The van der Waals surface area contributed by atoms with Gasteiger partial charge in [0.1, 0.15) is 11.4 Å². The largest absolute Gasteiger partial charge is 0.488 e. The predicted octanol–water partition coefficient (Wildman–Crippen LogP) is 6.99. The summed E-state index contributed by atoms with van der Waals surface area (Å²) in [6.07, 6.45) is 2.80. The summed E-state index contributed by atoms with van der Waals surface area (Å²) in [4.78, 5) is 16.0. The summed E-state index contributed by atoms with van der Waals surface area (Å²) in [5, 5.41) is 0.634. The van der Waals surface area contributed by atoms with Crippen LogP contribution in [0.25, 0.3) is 0 Å². The number of fused-ring (bicyclic) bond motifs is 2. The Bertz CT molecular complexity index is 1230. The van der Waals surface area contributed by atoms with E-state index in [1.165, 1.54) is 5.56 Å². The van der Waals surface area contributed by atoms with Crippen molar-refractivity contribution in [3.05, 3.63) is 87.9 Å². The van der Waals surface area contributed by atoms with Gasteiger partial charge in [-0.25, -0.2) is 0 Å². The summed E-state index contributed by atoms with van der Waals surface area (Å²) in [5.41, 5.74) is 5.07. The maximum Gasteiger partial charge on any atom is 0.246 e. The average Bonchev–Trinajstić information content (AvgIpc) is 3.00. The minimum Gasteiger partial charge on any atom is -0.488 e. The highest BCUT2D eigenvalue weighted by molar-refractivity contribution is 6.31. The number of hydrogen-bond donors (Lipinski definition) is 0. The van der Waals surface area contributed by atoms with E-state index in [1.54, 1.807) is 0 Å². The van der Waals surface area contributed by atoms with Crippen molar-refractivity contribution in [2.45, 2.75) is 58.0 Å². The first-order valence-corrected chi connectivity index (χ1v) is 11.7. The number of amides is 1. The minimum absolute atomic E-state index is 0.0417. The molecule has 2 aliphatic heterocycles. The van der Waals surface area contributed by atoms with E-state index in [0.29, 0.717) is 5.02 Å². The normalized spacial score (nSPS) is 21.2. The van der Waals surface area contributed by atoms with E-state index < -0.39 is 5.41 Å². The number of carbonyl (C=O) groups excluding carboxylic acids is 1. The van der Waals surface area contributed by atoms with Gasteiger partial charge in [-0.2, -0.15) is 0 Å². The number of rotatable bonds is 3. The molecule has 1 atom stereocenters. The Morgan fingerprint density at radius 3 is 2.62 bits per heavy atom. The fourth-order valence-electron chi connectivity index (χ4n) is 4.97. The Morgan fingerprint density at radius 2 is 1.84 bits per heavy atom.